The maximum Gasteiger partial charge on any atom is 0.317 e. The highest BCUT2D eigenvalue weighted by atomic mass is 32.2. The second-order valence-corrected chi connectivity index (χ2v) is 8.53. The van der Waals surface area contributed by atoms with Gasteiger partial charge in [-0.2, -0.15) is 0 Å². The number of phenolic OH excluding ortho intramolecular Hbond substituents is 1. The number of benzene rings is 1. The molecule has 1 aromatic rings. The number of carbonyl (C=O) groups excluding carboxylic acids is 1. The smallest absolute Gasteiger partial charge is 0.317 e. The van der Waals surface area contributed by atoms with Crippen molar-refractivity contribution in [3.05, 3.63) is 29.8 Å². The van der Waals surface area contributed by atoms with Crippen LogP contribution in [0.2, 0.25) is 0 Å². The van der Waals surface area contributed by atoms with Crippen molar-refractivity contribution < 1.29 is 18.3 Å². The molecule has 2 saturated heterocycles. The largest absolute Gasteiger partial charge is 0.508 e. The first kappa shape index (κ1) is 17.0. The van der Waals surface area contributed by atoms with Crippen molar-refractivity contribution in [1.82, 2.24) is 15.1 Å². The number of aromatic hydroxyl groups is 1. The summed E-state index contributed by atoms with van der Waals surface area (Å²) in [6, 6.07) is 6.28. The van der Waals surface area contributed by atoms with Crippen molar-refractivity contribution >= 4 is 15.9 Å². The van der Waals surface area contributed by atoms with Gasteiger partial charge >= 0.3 is 6.03 Å². The lowest BCUT2D eigenvalue weighted by Crippen LogP contribution is -2.61. The number of nitrogens with zero attached hydrogens (tertiary/aromatic N) is 2. The van der Waals surface area contributed by atoms with Gasteiger partial charge in [-0.3, -0.25) is 4.90 Å². The zero-order valence-electron chi connectivity index (χ0n) is 13.7. The van der Waals surface area contributed by atoms with Crippen molar-refractivity contribution in [3.8, 4) is 5.75 Å². The number of fused-ring (bicyclic) bond motifs is 1. The summed E-state index contributed by atoms with van der Waals surface area (Å²) in [4.78, 5) is 16.0. The average molecular weight is 353 g/mol. The summed E-state index contributed by atoms with van der Waals surface area (Å²) >= 11 is 0. The molecule has 2 aliphatic rings. The number of hydrogen-bond acceptors (Lipinski definition) is 5. The summed E-state index contributed by atoms with van der Waals surface area (Å²) in [5.41, 5.74) is 0.935. The van der Waals surface area contributed by atoms with Gasteiger partial charge in [0.1, 0.15) is 5.75 Å². The van der Waals surface area contributed by atoms with Crippen molar-refractivity contribution in [2.75, 3.05) is 31.1 Å². The Labute approximate surface area is 142 Å². The first-order valence-electron chi connectivity index (χ1n) is 8.16. The highest BCUT2D eigenvalue weighted by Crippen LogP contribution is 2.28. The molecule has 2 amide bonds. The van der Waals surface area contributed by atoms with Gasteiger partial charge in [-0.1, -0.05) is 12.1 Å². The standard InChI is InChI=1S/C16H23N3O4S/c1-2-17-16(21)19-7-6-18(9-12-4-3-5-13(20)8-12)14-10-24(22,23)11-15(14)19/h3-5,8,14-15,20H,2,6-7,9-11H2,1H3,(H,17,21)/t14-,15+/m1/s1. The fraction of sp³-hybridized carbons (Fsp3) is 0.562. The molecule has 2 aliphatic heterocycles. The van der Waals surface area contributed by atoms with E-state index >= 15 is 0 Å². The van der Waals surface area contributed by atoms with Gasteiger partial charge in [-0.15, -0.1) is 0 Å². The minimum atomic E-state index is -3.16. The molecular formula is C16H23N3O4S. The Bertz CT molecular complexity index is 722. The molecule has 3 rings (SSSR count). The Morgan fingerprint density at radius 1 is 1.29 bits per heavy atom. The predicted molar refractivity (Wildman–Crippen MR) is 90.5 cm³/mol. The fourth-order valence-electron chi connectivity index (χ4n) is 3.62. The normalized spacial score (nSPS) is 26.1. The Morgan fingerprint density at radius 3 is 2.75 bits per heavy atom. The van der Waals surface area contributed by atoms with Crippen molar-refractivity contribution in [1.29, 1.82) is 0 Å². The fourth-order valence-corrected chi connectivity index (χ4v) is 5.63. The number of piperazine rings is 1. The third kappa shape index (κ3) is 3.49. The van der Waals surface area contributed by atoms with Gasteiger partial charge in [0.2, 0.25) is 0 Å². The van der Waals surface area contributed by atoms with Gasteiger partial charge in [0, 0.05) is 32.2 Å². The Kier molecular flexibility index (Phi) is 4.69. The molecule has 132 valence electrons. The second kappa shape index (κ2) is 6.60. The number of phenols is 1. The van der Waals surface area contributed by atoms with Crippen LogP contribution in [0.4, 0.5) is 4.79 Å². The van der Waals surface area contributed by atoms with Crippen LogP contribution in [0, 0.1) is 0 Å². The molecule has 0 bridgehead atoms. The highest BCUT2D eigenvalue weighted by Gasteiger charge is 2.47. The average Bonchev–Trinajstić information content (AvgIpc) is 2.83. The quantitative estimate of drug-likeness (QED) is 0.821. The monoisotopic (exact) mass is 353 g/mol. The lowest BCUT2D eigenvalue weighted by Gasteiger charge is -2.43. The molecule has 2 N–H and O–H groups in total. The van der Waals surface area contributed by atoms with E-state index in [1.165, 1.54) is 0 Å². The number of hydrogen-bond donors (Lipinski definition) is 2. The second-order valence-electron chi connectivity index (χ2n) is 6.38. The number of amides is 2. The van der Waals surface area contributed by atoms with E-state index in [0.29, 0.717) is 26.2 Å². The van der Waals surface area contributed by atoms with Gasteiger partial charge in [0.25, 0.3) is 0 Å². The van der Waals surface area contributed by atoms with Gasteiger partial charge in [-0.25, -0.2) is 13.2 Å². The zero-order valence-corrected chi connectivity index (χ0v) is 14.5. The molecule has 0 unspecified atom stereocenters. The first-order chi connectivity index (χ1) is 11.4. The van der Waals surface area contributed by atoms with E-state index in [4.69, 9.17) is 0 Å². The summed E-state index contributed by atoms with van der Waals surface area (Å²) in [6.45, 7) is 4.05. The summed E-state index contributed by atoms with van der Waals surface area (Å²) in [5.74, 6) is 0.293. The number of urea groups is 1. The molecule has 2 heterocycles. The molecule has 0 saturated carbocycles. The predicted octanol–water partition coefficient (Wildman–Crippen LogP) is 0.405. The third-order valence-electron chi connectivity index (χ3n) is 4.68. The van der Waals surface area contributed by atoms with Crippen LogP contribution in [-0.2, 0) is 16.4 Å². The molecule has 0 radical (unpaired) electrons. The zero-order chi connectivity index (χ0) is 17.3. The molecular weight excluding hydrogens is 330 g/mol. The number of rotatable bonds is 3. The molecule has 24 heavy (non-hydrogen) atoms. The highest BCUT2D eigenvalue weighted by molar-refractivity contribution is 7.91. The van der Waals surface area contributed by atoms with Gasteiger partial charge < -0.3 is 15.3 Å². The maximum absolute atomic E-state index is 12.2. The van der Waals surface area contributed by atoms with Crippen molar-refractivity contribution in [3.63, 3.8) is 0 Å². The molecule has 0 spiro atoms. The van der Waals surface area contributed by atoms with Crippen LogP contribution < -0.4 is 5.32 Å². The first-order valence-corrected chi connectivity index (χ1v) is 9.98. The minimum Gasteiger partial charge on any atom is -0.508 e. The molecule has 1 aromatic carbocycles. The van der Waals surface area contributed by atoms with Gasteiger partial charge in [0.15, 0.2) is 9.84 Å². The summed E-state index contributed by atoms with van der Waals surface area (Å²) in [6.07, 6.45) is 0. The molecule has 0 aliphatic carbocycles. The number of sulfone groups is 1. The summed E-state index contributed by atoms with van der Waals surface area (Å²) < 4.78 is 24.3. The Balaban J connectivity index is 1.80. The minimum absolute atomic E-state index is 0.0192. The molecule has 8 heteroatoms. The van der Waals surface area contributed by atoms with Crippen molar-refractivity contribution in [2.45, 2.75) is 25.6 Å². The van der Waals surface area contributed by atoms with Gasteiger partial charge in [0.05, 0.1) is 17.5 Å². The van der Waals surface area contributed by atoms with E-state index in [1.54, 1.807) is 23.1 Å². The van der Waals surface area contributed by atoms with E-state index in [0.717, 1.165) is 5.56 Å². The van der Waals surface area contributed by atoms with Crippen LogP contribution in [0.15, 0.2) is 24.3 Å². The lowest BCUT2D eigenvalue weighted by atomic mass is 10.0. The topological polar surface area (TPSA) is 89.9 Å². The van der Waals surface area contributed by atoms with Crippen LogP contribution in [0.3, 0.4) is 0 Å². The Morgan fingerprint density at radius 2 is 2.04 bits per heavy atom. The lowest BCUT2D eigenvalue weighted by molar-refractivity contribution is 0.0608. The maximum atomic E-state index is 12.2. The van der Waals surface area contributed by atoms with Gasteiger partial charge in [-0.05, 0) is 24.6 Å². The molecule has 2 fully saturated rings. The Hall–Kier alpha value is -1.80. The van der Waals surface area contributed by atoms with E-state index in [2.05, 4.69) is 10.2 Å². The molecule has 0 aromatic heterocycles. The number of nitrogens with one attached hydrogen (secondary N) is 1. The molecule has 7 nitrogen and oxygen atoms in total. The van der Waals surface area contributed by atoms with Crippen LogP contribution in [0.25, 0.3) is 0 Å². The summed E-state index contributed by atoms with van der Waals surface area (Å²) in [5, 5.41) is 12.4. The van der Waals surface area contributed by atoms with Crippen LogP contribution in [-0.4, -0.2) is 72.6 Å². The SMILES string of the molecule is CCNC(=O)N1CCN(Cc2cccc(O)c2)[C@@H]2CS(=O)(=O)C[C@@H]21. The van der Waals surface area contributed by atoms with Crippen LogP contribution in [0.5, 0.6) is 5.75 Å². The van der Waals surface area contributed by atoms with Crippen LogP contribution in [0.1, 0.15) is 12.5 Å². The van der Waals surface area contributed by atoms with E-state index in [1.807, 2.05) is 13.0 Å². The van der Waals surface area contributed by atoms with Crippen molar-refractivity contribution in [2.24, 2.45) is 0 Å². The summed E-state index contributed by atoms with van der Waals surface area (Å²) in [7, 11) is -3.16. The third-order valence-corrected chi connectivity index (χ3v) is 6.37. The van der Waals surface area contributed by atoms with E-state index in [9.17, 15) is 18.3 Å². The van der Waals surface area contributed by atoms with E-state index in [-0.39, 0.29) is 35.4 Å². The van der Waals surface area contributed by atoms with Crippen LogP contribution >= 0.6 is 0 Å². The number of carbonyl (C=O) groups is 1. The van der Waals surface area contributed by atoms with E-state index < -0.39 is 9.84 Å². The molecule has 2 atom stereocenters.